The molecule has 0 N–H and O–H groups in total. The molecule has 28 heavy (non-hydrogen) atoms. The van der Waals surface area contributed by atoms with Crippen molar-refractivity contribution in [1.82, 2.24) is 9.55 Å². The molecule has 0 fully saturated rings. The number of hydrogen-bond donors (Lipinski definition) is 0. The summed E-state index contributed by atoms with van der Waals surface area (Å²) >= 11 is 3.12. The minimum absolute atomic E-state index is 0.0277. The van der Waals surface area contributed by atoms with E-state index in [-0.39, 0.29) is 11.2 Å². The zero-order valence-electron chi connectivity index (χ0n) is 15.6. The van der Waals surface area contributed by atoms with Crippen LogP contribution in [0.5, 0.6) is 0 Å². The molecule has 142 valence electrons. The van der Waals surface area contributed by atoms with Gasteiger partial charge < -0.3 is 4.42 Å². The van der Waals surface area contributed by atoms with E-state index in [0.29, 0.717) is 16.5 Å². The molecule has 1 aliphatic carbocycles. The highest BCUT2D eigenvalue weighted by atomic mass is 32.2. The summed E-state index contributed by atoms with van der Waals surface area (Å²) in [5, 5.41) is 2.38. The standard InChI is InChI=1S/C21H18N2O3S2/c1-11-6-7-13-12(9-17(24)26-15(13)8-11)10-27-21-22-19-18(20(25)23(21)2)14-4-3-5-16(14)28-19/h6-9H,3-5,10H2,1-2H3. The molecular weight excluding hydrogens is 392 g/mol. The largest absolute Gasteiger partial charge is 0.423 e. The molecule has 0 spiro atoms. The molecule has 0 amide bonds. The molecule has 7 heteroatoms. The van der Waals surface area contributed by atoms with Gasteiger partial charge in [-0.3, -0.25) is 9.36 Å². The fraction of sp³-hybridized carbons (Fsp3) is 0.286. The Kier molecular flexibility index (Phi) is 4.17. The van der Waals surface area contributed by atoms with Gasteiger partial charge in [0.1, 0.15) is 10.4 Å². The van der Waals surface area contributed by atoms with Crippen molar-refractivity contribution < 1.29 is 4.42 Å². The van der Waals surface area contributed by atoms with Crippen LogP contribution in [0.25, 0.3) is 21.2 Å². The summed E-state index contributed by atoms with van der Waals surface area (Å²) in [6.45, 7) is 1.97. The lowest BCUT2D eigenvalue weighted by molar-refractivity contribution is 0.559. The van der Waals surface area contributed by atoms with E-state index in [1.54, 1.807) is 23.0 Å². The maximum absolute atomic E-state index is 12.9. The molecule has 0 bridgehead atoms. The number of thiophene rings is 1. The minimum atomic E-state index is -0.360. The molecule has 0 unspecified atom stereocenters. The lowest BCUT2D eigenvalue weighted by Gasteiger charge is -2.09. The van der Waals surface area contributed by atoms with Crippen molar-refractivity contribution in [3.8, 4) is 0 Å². The number of thioether (sulfide) groups is 1. The maximum atomic E-state index is 12.9. The zero-order chi connectivity index (χ0) is 19.4. The normalized spacial score (nSPS) is 13.5. The summed E-state index contributed by atoms with van der Waals surface area (Å²) in [5.41, 5.74) is 3.39. The average Bonchev–Trinajstić information content (AvgIpc) is 3.23. The topological polar surface area (TPSA) is 65.1 Å². The second kappa shape index (κ2) is 6.60. The molecule has 5 nitrogen and oxygen atoms in total. The van der Waals surface area contributed by atoms with Gasteiger partial charge in [0.2, 0.25) is 0 Å². The van der Waals surface area contributed by atoms with Gasteiger partial charge >= 0.3 is 5.63 Å². The Morgan fingerprint density at radius 3 is 2.96 bits per heavy atom. The Hall–Kier alpha value is -2.38. The second-order valence-electron chi connectivity index (χ2n) is 7.18. The highest BCUT2D eigenvalue weighted by Crippen LogP contribution is 2.36. The predicted octanol–water partition coefficient (Wildman–Crippen LogP) is 4.19. The van der Waals surface area contributed by atoms with Crippen molar-refractivity contribution in [2.45, 2.75) is 37.1 Å². The van der Waals surface area contributed by atoms with Crippen LogP contribution in [-0.2, 0) is 25.6 Å². The molecule has 0 saturated carbocycles. The van der Waals surface area contributed by atoms with Crippen LogP contribution in [-0.4, -0.2) is 9.55 Å². The van der Waals surface area contributed by atoms with E-state index in [4.69, 9.17) is 9.40 Å². The van der Waals surface area contributed by atoms with Crippen molar-refractivity contribution in [1.29, 1.82) is 0 Å². The van der Waals surface area contributed by atoms with E-state index in [1.165, 1.54) is 28.3 Å². The van der Waals surface area contributed by atoms with Gasteiger partial charge in [-0.1, -0.05) is 23.9 Å². The van der Waals surface area contributed by atoms with Gasteiger partial charge in [-0.05, 0) is 48.9 Å². The van der Waals surface area contributed by atoms with Crippen LogP contribution in [0.15, 0.2) is 43.4 Å². The summed E-state index contributed by atoms with van der Waals surface area (Å²) in [6, 6.07) is 7.38. The van der Waals surface area contributed by atoms with Crippen LogP contribution < -0.4 is 11.2 Å². The number of rotatable bonds is 3. The lowest BCUT2D eigenvalue weighted by Crippen LogP contribution is -2.20. The summed E-state index contributed by atoms with van der Waals surface area (Å²) in [6.07, 6.45) is 3.15. The highest BCUT2D eigenvalue weighted by Gasteiger charge is 2.22. The Morgan fingerprint density at radius 1 is 1.25 bits per heavy atom. The van der Waals surface area contributed by atoms with Crippen LogP contribution in [0.1, 0.15) is 28.0 Å². The SMILES string of the molecule is Cc1ccc2c(CSc3nc4sc5c(c4c(=O)n3C)CCC5)cc(=O)oc2c1. The van der Waals surface area contributed by atoms with Crippen LogP contribution in [0.3, 0.4) is 0 Å². The molecule has 0 saturated heterocycles. The molecule has 3 aromatic heterocycles. The lowest BCUT2D eigenvalue weighted by atomic mass is 10.1. The third-order valence-electron chi connectivity index (χ3n) is 5.25. The molecular formula is C21H18N2O3S2. The summed E-state index contributed by atoms with van der Waals surface area (Å²) < 4.78 is 6.97. The monoisotopic (exact) mass is 410 g/mol. The first-order chi connectivity index (χ1) is 13.5. The average molecular weight is 411 g/mol. The van der Waals surface area contributed by atoms with Crippen molar-refractivity contribution in [3.63, 3.8) is 0 Å². The highest BCUT2D eigenvalue weighted by molar-refractivity contribution is 7.98. The molecule has 0 atom stereocenters. The van der Waals surface area contributed by atoms with Gasteiger partial charge in [-0.25, -0.2) is 9.78 Å². The van der Waals surface area contributed by atoms with Crippen molar-refractivity contribution in [3.05, 3.63) is 66.6 Å². The summed E-state index contributed by atoms with van der Waals surface area (Å²) in [4.78, 5) is 31.8. The quantitative estimate of drug-likeness (QED) is 0.288. The Morgan fingerprint density at radius 2 is 2.11 bits per heavy atom. The molecule has 0 aliphatic heterocycles. The van der Waals surface area contributed by atoms with Crippen molar-refractivity contribution in [2.24, 2.45) is 7.05 Å². The van der Waals surface area contributed by atoms with Crippen LogP contribution >= 0.6 is 23.1 Å². The molecule has 5 rings (SSSR count). The van der Waals surface area contributed by atoms with Crippen LogP contribution in [0.4, 0.5) is 0 Å². The van der Waals surface area contributed by atoms with Gasteiger partial charge in [-0.15, -0.1) is 11.3 Å². The van der Waals surface area contributed by atoms with E-state index < -0.39 is 0 Å². The fourth-order valence-corrected chi connectivity index (χ4v) is 6.10. The minimum Gasteiger partial charge on any atom is -0.423 e. The van der Waals surface area contributed by atoms with Crippen LogP contribution in [0.2, 0.25) is 0 Å². The number of fused-ring (bicyclic) bond motifs is 4. The van der Waals surface area contributed by atoms with Gasteiger partial charge in [0, 0.05) is 29.1 Å². The van der Waals surface area contributed by atoms with Gasteiger partial charge in [0.05, 0.1) is 5.39 Å². The molecule has 4 aromatic rings. The van der Waals surface area contributed by atoms with E-state index in [2.05, 4.69) is 0 Å². The van der Waals surface area contributed by atoms with E-state index in [0.717, 1.165) is 46.0 Å². The number of nitrogens with zero attached hydrogens (tertiary/aromatic N) is 2. The van der Waals surface area contributed by atoms with Crippen LogP contribution in [0, 0.1) is 6.92 Å². The fourth-order valence-electron chi connectivity index (χ4n) is 3.83. The Bertz CT molecular complexity index is 1360. The first kappa shape index (κ1) is 17.7. The van der Waals surface area contributed by atoms with Gasteiger partial charge in [-0.2, -0.15) is 0 Å². The summed E-state index contributed by atoms with van der Waals surface area (Å²) in [5.74, 6) is 0.544. The summed E-state index contributed by atoms with van der Waals surface area (Å²) in [7, 11) is 1.77. The molecule has 1 aromatic carbocycles. The zero-order valence-corrected chi connectivity index (χ0v) is 17.2. The third-order valence-corrected chi connectivity index (χ3v) is 7.51. The van der Waals surface area contributed by atoms with Crippen molar-refractivity contribution in [2.75, 3.05) is 0 Å². The first-order valence-corrected chi connectivity index (χ1v) is 11.0. The van der Waals surface area contributed by atoms with Crippen molar-refractivity contribution >= 4 is 44.3 Å². The van der Waals surface area contributed by atoms with E-state index >= 15 is 0 Å². The predicted molar refractivity (Wildman–Crippen MR) is 114 cm³/mol. The maximum Gasteiger partial charge on any atom is 0.336 e. The van der Waals surface area contributed by atoms with Gasteiger partial charge in [0.15, 0.2) is 5.16 Å². The first-order valence-electron chi connectivity index (χ1n) is 9.19. The second-order valence-corrected chi connectivity index (χ2v) is 9.20. The number of benzene rings is 1. The third kappa shape index (κ3) is 2.81. The molecule has 1 aliphatic rings. The van der Waals surface area contributed by atoms with E-state index in [9.17, 15) is 9.59 Å². The Labute approximate surface area is 169 Å². The Balaban J connectivity index is 1.55. The number of aromatic nitrogens is 2. The number of hydrogen-bond acceptors (Lipinski definition) is 6. The number of aryl methyl sites for hydroxylation is 3. The molecule has 0 radical (unpaired) electrons. The smallest absolute Gasteiger partial charge is 0.336 e. The molecule has 3 heterocycles. The van der Waals surface area contributed by atoms with E-state index in [1.807, 2.05) is 25.1 Å². The van der Waals surface area contributed by atoms with Gasteiger partial charge in [0.25, 0.3) is 5.56 Å².